The van der Waals surface area contributed by atoms with Gasteiger partial charge in [-0.05, 0) is 18.1 Å². The summed E-state index contributed by atoms with van der Waals surface area (Å²) in [5.41, 5.74) is 0. The van der Waals surface area contributed by atoms with Crippen molar-refractivity contribution in [2.24, 2.45) is 5.92 Å². The van der Waals surface area contributed by atoms with Gasteiger partial charge in [0, 0.05) is 6.92 Å². The van der Waals surface area contributed by atoms with E-state index in [0.29, 0.717) is 9.88 Å². The molecule has 0 aliphatic heterocycles. The van der Waals surface area contributed by atoms with Crippen molar-refractivity contribution < 1.29 is 19.5 Å². The largest absolute Gasteiger partial charge is 0.480 e. The lowest BCUT2D eigenvalue weighted by molar-refractivity contribution is -0.140. The first-order valence-electron chi connectivity index (χ1n) is 5.72. The Bertz CT molecular complexity index is 496. The Balaban J connectivity index is 2.75. The Labute approximate surface area is 114 Å². The Kier molecular flexibility index (Phi) is 5.05. The van der Waals surface area contributed by atoms with Crippen molar-refractivity contribution >= 4 is 34.1 Å². The fraction of sp³-hybridized carbons (Fsp3) is 0.417. The molecule has 2 amide bonds. The lowest BCUT2D eigenvalue weighted by atomic mass is 10.0. The maximum absolute atomic E-state index is 11.9. The summed E-state index contributed by atoms with van der Waals surface area (Å²) >= 11 is 1.10. The molecule has 0 aliphatic rings. The summed E-state index contributed by atoms with van der Waals surface area (Å²) in [5, 5.41) is 14.6. The first-order valence-corrected chi connectivity index (χ1v) is 6.54. The number of carboxylic acid groups (broad SMARTS) is 1. The number of aliphatic carboxylic acids is 1. The predicted molar refractivity (Wildman–Crippen MR) is 72.4 cm³/mol. The minimum Gasteiger partial charge on any atom is -0.480 e. The molecule has 0 spiro atoms. The number of carbonyl (C=O) groups excluding carboxylic acids is 2. The number of anilines is 1. The van der Waals surface area contributed by atoms with Crippen LogP contribution in [0.3, 0.4) is 0 Å². The summed E-state index contributed by atoms with van der Waals surface area (Å²) in [4.78, 5) is 34.1. The molecule has 0 saturated heterocycles. The summed E-state index contributed by atoms with van der Waals surface area (Å²) < 4.78 is 0. The third kappa shape index (κ3) is 4.36. The van der Waals surface area contributed by atoms with Gasteiger partial charge in [0.1, 0.15) is 6.04 Å². The molecule has 7 heteroatoms. The molecule has 3 N–H and O–H groups in total. The van der Waals surface area contributed by atoms with Gasteiger partial charge in [0.25, 0.3) is 5.91 Å². The smallest absolute Gasteiger partial charge is 0.326 e. The lowest BCUT2D eigenvalue weighted by Crippen LogP contribution is -2.44. The van der Waals surface area contributed by atoms with Gasteiger partial charge in [-0.25, -0.2) is 4.79 Å². The molecule has 6 nitrogen and oxygen atoms in total. The maximum atomic E-state index is 11.9. The molecule has 1 rings (SSSR count). The number of nitrogens with one attached hydrogen (secondary N) is 2. The molecular weight excluding hydrogens is 268 g/mol. The van der Waals surface area contributed by atoms with E-state index in [1.165, 1.54) is 6.92 Å². The average Bonchev–Trinajstić information content (AvgIpc) is 2.72. The second kappa shape index (κ2) is 6.33. The number of amides is 2. The summed E-state index contributed by atoms with van der Waals surface area (Å²) in [6, 6.07) is 2.22. The van der Waals surface area contributed by atoms with E-state index in [1.54, 1.807) is 26.0 Å². The van der Waals surface area contributed by atoms with Crippen LogP contribution >= 0.6 is 11.3 Å². The molecule has 0 aliphatic carbocycles. The van der Waals surface area contributed by atoms with Crippen molar-refractivity contribution in [3.63, 3.8) is 0 Å². The maximum Gasteiger partial charge on any atom is 0.326 e. The van der Waals surface area contributed by atoms with Gasteiger partial charge < -0.3 is 15.7 Å². The van der Waals surface area contributed by atoms with Gasteiger partial charge in [0.15, 0.2) is 0 Å². The van der Waals surface area contributed by atoms with Crippen molar-refractivity contribution in [2.75, 3.05) is 5.32 Å². The Hall–Kier alpha value is -1.89. The topological polar surface area (TPSA) is 95.5 Å². The highest BCUT2D eigenvalue weighted by Gasteiger charge is 2.24. The molecule has 0 aromatic carbocycles. The number of carboxylic acids is 1. The van der Waals surface area contributed by atoms with Crippen LogP contribution in [0.4, 0.5) is 5.00 Å². The average molecular weight is 284 g/mol. The van der Waals surface area contributed by atoms with Crippen LogP contribution in [0.2, 0.25) is 0 Å². The summed E-state index contributed by atoms with van der Waals surface area (Å²) in [6.45, 7) is 4.81. The van der Waals surface area contributed by atoms with Crippen LogP contribution in [0.25, 0.3) is 0 Å². The van der Waals surface area contributed by atoms with Crippen molar-refractivity contribution in [3.05, 3.63) is 17.0 Å². The first-order chi connectivity index (χ1) is 8.81. The second-order valence-electron chi connectivity index (χ2n) is 4.38. The van der Waals surface area contributed by atoms with E-state index in [1.807, 2.05) is 0 Å². The summed E-state index contributed by atoms with van der Waals surface area (Å²) in [7, 11) is 0. The predicted octanol–water partition coefficient (Wildman–Crippen LogP) is 1.55. The molecule has 0 bridgehead atoms. The van der Waals surface area contributed by atoms with E-state index in [2.05, 4.69) is 10.6 Å². The minimum absolute atomic E-state index is 0.212. The molecule has 0 fully saturated rings. The zero-order chi connectivity index (χ0) is 14.6. The number of thiophene rings is 1. The zero-order valence-electron chi connectivity index (χ0n) is 10.9. The van der Waals surface area contributed by atoms with Crippen molar-refractivity contribution in [2.45, 2.75) is 26.8 Å². The normalized spacial score (nSPS) is 12.0. The van der Waals surface area contributed by atoms with Crippen molar-refractivity contribution in [3.8, 4) is 0 Å². The van der Waals surface area contributed by atoms with Crippen LogP contribution in [0.1, 0.15) is 30.4 Å². The number of hydrogen-bond donors (Lipinski definition) is 3. The van der Waals surface area contributed by atoms with Crippen LogP contribution in [-0.2, 0) is 9.59 Å². The second-order valence-corrected chi connectivity index (χ2v) is 5.46. The van der Waals surface area contributed by atoms with Crippen LogP contribution in [0.15, 0.2) is 12.1 Å². The molecule has 1 atom stereocenters. The van der Waals surface area contributed by atoms with Gasteiger partial charge in [0.2, 0.25) is 5.91 Å². The van der Waals surface area contributed by atoms with Gasteiger partial charge in [-0.2, -0.15) is 0 Å². The van der Waals surface area contributed by atoms with Crippen molar-refractivity contribution in [1.29, 1.82) is 0 Å². The molecule has 1 heterocycles. The first kappa shape index (κ1) is 15.2. The van der Waals surface area contributed by atoms with E-state index in [-0.39, 0.29) is 11.8 Å². The van der Waals surface area contributed by atoms with E-state index in [4.69, 9.17) is 5.11 Å². The van der Waals surface area contributed by atoms with E-state index in [0.717, 1.165) is 11.3 Å². The van der Waals surface area contributed by atoms with Crippen molar-refractivity contribution in [1.82, 2.24) is 5.32 Å². The third-order valence-corrected chi connectivity index (χ3v) is 3.35. The van der Waals surface area contributed by atoms with Crippen LogP contribution in [-0.4, -0.2) is 28.9 Å². The zero-order valence-corrected chi connectivity index (χ0v) is 11.7. The van der Waals surface area contributed by atoms with E-state index in [9.17, 15) is 14.4 Å². The molecule has 0 radical (unpaired) electrons. The SMILES string of the molecule is CC(=O)Nc1ccc(C(=O)NC(C(=O)O)C(C)C)s1. The minimum atomic E-state index is -1.07. The highest BCUT2D eigenvalue weighted by Crippen LogP contribution is 2.22. The molecular formula is C12H16N2O4S. The molecule has 1 aromatic heterocycles. The lowest BCUT2D eigenvalue weighted by Gasteiger charge is -2.17. The Morgan fingerprint density at radius 1 is 1.26 bits per heavy atom. The van der Waals surface area contributed by atoms with Gasteiger partial charge in [-0.15, -0.1) is 11.3 Å². The molecule has 19 heavy (non-hydrogen) atoms. The highest BCUT2D eigenvalue weighted by atomic mass is 32.1. The molecule has 1 aromatic rings. The van der Waals surface area contributed by atoms with E-state index >= 15 is 0 Å². The molecule has 104 valence electrons. The van der Waals surface area contributed by atoms with Crippen LogP contribution in [0.5, 0.6) is 0 Å². The summed E-state index contributed by atoms with van der Waals surface area (Å²) in [6.07, 6.45) is 0. The summed E-state index contributed by atoms with van der Waals surface area (Å²) in [5.74, 6) is -1.96. The Morgan fingerprint density at radius 2 is 1.89 bits per heavy atom. The highest BCUT2D eigenvalue weighted by molar-refractivity contribution is 7.18. The van der Waals surface area contributed by atoms with Gasteiger partial charge in [0.05, 0.1) is 9.88 Å². The monoisotopic (exact) mass is 284 g/mol. The molecule has 0 saturated carbocycles. The van der Waals surface area contributed by atoms with E-state index < -0.39 is 17.9 Å². The Morgan fingerprint density at radius 3 is 2.37 bits per heavy atom. The number of carbonyl (C=O) groups is 3. The quantitative estimate of drug-likeness (QED) is 0.764. The van der Waals surface area contributed by atoms with Crippen LogP contribution < -0.4 is 10.6 Å². The fourth-order valence-corrected chi connectivity index (χ4v) is 2.28. The standard InChI is InChI=1S/C12H16N2O4S/c1-6(2)10(12(17)18)14-11(16)8-4-5-9(19-8)13-7(3)15/h4-6,10H,1-3H3,(H,13,15)(H,14,16)(H,17,18). The van der Waals surface area contributed by atoms with Gasteiger partial charge in [-0.3, -0.25) is 9.59 Å². The van der Waals surface area contributed by atoms with Gasteiger partial charge in [-0.1, -0.05) is 13.8 Å². The number of rotatable bonds is 5. The number of hydrogen-bond acceptors (Lipinski definition) is 4. The van der Waals surface area contributed by atoms with Gasteiger partial charge >= 0.3 is 5.97 Å². The molecule has 1 unspecified atom stereocenters. The third-order valence-electron chi connectivity index (χ3n) is 2.35. The fourth-order valence-electron chi connectivity index (χ4n) is 1.43. The van der Waals surface area contributed by atoms with Crippen LogP contribution in [0, 0.1) is 5.92 Å².